The highest BCUT2D eigenvalue weighted by Crippen LogP contribution is 2.23. The van der Waals surface area contributed by atoms with E-state index in [0.717, 1.165) is 47.7 Å². The van der Waals surface area contributed by atoms with Crippen molar-refractivity contribution >= 4 is 17.1 Å². The van der Waals surface area contributed by atoms with Crippen LogP contribution in [0.4, 0.5) is 11.4 Å². The molecule has 1 aliphatic rings. The third-order valence-electron chi connectivity index (χ3n) is 6.49. The van der Waals surface area contributed by atoms with E-state index in [2.05, 4.69) is 90.3 Å². The van der Waals surface area contributed by atoms with E-state index in [4.69, 9.17) is 5.41 Å². The summed E-state index contributed by atoms with van der Waals surface area (Å²) in [6.07, 6.45) is 11.3. The molecule has 0 aliphatic carbocycles. The standard InChI is InChI=1S/C25H32N4.C9H12/c1-3-12-24(23(4-2)25(26)20-13-7-5-8-14-20)27-21-15-11-16-22(19-21)28-29-17-9-6-10-18-29;1-2-6-9-7-4-3-5-8-9/h4-5,7-8,11-16,19,26-28H,3,6,9-10,17-18H2,1-2H3;3-5,7-8H,2,6H2,1H3/b23-4-,24-12+,26-25?;. The average molecular weight is 509 g/mol. The highest BCUT2D eigenvalue weighted by molar-refractivity contribution is 6.13. The fourth-order valence-corrected chi connectivity index (χ4v) is 4.57. The molecule has 0 radical (unpaired) electrons. The van der Waals surface area contributed by atoms with Crippen LogP contribution < -0.4 is 10.7 Å². The SMILES string of the molecule is C/C=C(C(=N)c1ccccc1)/C(=C\CC)Nc1cccc(NN2CCCCC2)c1.CCCc1ccccc1. The van der Waals surface area contributed by atoms with Crippen molar-refractivity contribution in [2.24, 2.45) is 0 Å². The van der Waals surface area contributed by atoms with Crippen molar-refractivity contribution in [3.63, 3.8) is 0 Å². The van der Waals surface area contributed by atoms with Gasteiger partial charge in [-0.25, -0.2) is 5.01 Å². The number of aryl methyl sites for hydroxylation is 1. The molecule has 4 heteroatoms. The van der Waals surface area contributed by atoms with Crippen molar-refractivity contribution in [3.8, 4) is 0 Å². The Hall–Kier alpha value is -3.63. The molecule has 4 nitrogen and oxygen atoms in total. The minimum atomic E-state index is 0.530. The van der Waals surface area contributed by atoms with E-state index in [9.17, 15) is 0 Å². The first-order valence-corrected chi connectivity index (χ1v) is 14.1. The van der Waals surface area contributed by atoms with Gasteiger partial charge in [0.05, 0.1) is 11.4 Å². The maximum Gasteiger partial charge on any atom is 0.0701 e. The lowest BCUT2D eigenvalue weighted by molar-refractivity contribution is 0.273. The van der Waals surface area contributed by atoms with E-state index in [1.807, 2.05) is 43.3 Å². The van der Waals surface area contributed by atoms with Gasteiger partial charge < -0.3 is 10.7 Å². The molecule has 0 saturated carbocycles. The second-order valence-electron chi connectivity index (χ2n) is 9.57. The first-order chi connectivity index (χ1) is 18.6. The number of hydrazine groups is 1. The minimum Gasteiger partial charge on any atom is -0.355 e. The molecule has 0 unspecified atom stereocenters. The fourth-order valence-electron chi connectivity index (χ4n) is 4.57. The van der Waals surface area contributed by atoms with Crippen LogP contribution in [-0.2, 0) is 6.42 Å². The summed E-state index contributed by atoms with van der Waals surface area (Å²) in [5, 5.41) is 14.6. The van der Waals surface area contributed by atoms with Crippen LogP contribution in [0.5, 0.6) is 0 Å². The molecule has 1 aliphatic heterocycles. The van der Waals surface area contributed by atoms with Crippen LogP contribution in [-0.4, -0.2) is 23.8 Å². The van der Waals surface area contributed by atoms with Crippen molar-refractivity contribution in [3.05, 3.63) is 119 Å². The Morgan fingerprint density at radius 1 is 0.842 bits per heavy atom. The Bertz CT molecular complexity index is 1160. The van der Waals surface area contributed by atoms with Crippen molar-refractivity contribution in [1.82, 2.24) is 5.01 Å². The summed E-state index contributed by atoms with van der Waals surface area (Å²) >= 11 is 0. The average Bonchev–Trinajstić information content (AvgIpc) is 2.96. The molecule has 1 saturated heterocycles. The van der Waals surface area contributed by atoms with Crippen molar-refractivity contribution in [1.29, 1.82) is 5.41 Å². The maximum absolute atomic E-state index is 8.71. The molecule has 1 fully saturated rings. The van der Waals surface area contributed by atoms with Gasteiger partial charge in [0.2, 0.25) is 0 Å². The Morgan fingerprint density at radius 2 is 1.50 bits per heavy atom. The molecule has 3 aromatic carbocycles. The molecule has 3 N–H and O–H groups in total. The highest BCUT2D eigenvalue weighted by Gasteiger charge is 2.13. The lowest BCUT2D eigenvalue weighted by atomic mass is 9.98. The number of nitrogens with one attached hydrogen (secondary N) is 3. The lowest BCUT2D eigenvalue weighted by Crippen LogP contribution is -2.34. The number of hydrogen-bond acceptors (Lipinski definition) is 4. The van der Waals surface area contributed by atoms with Gasteiger partial charge in [-0.1, -0.05) is 106 Å². The zero-order chi connectivity index (χ0) is 27.0. The smallest absolute Gasteiger partial charge is 0.0701 e. The summed E-state index contributed by atoms with van der Waals surface area (Å²) < 4.78 is 0. The largest absolute Gasteiger partial charge is 0.355 e. The second-order valence-corrected chi connectivity index (χ2v) is 9.57. The van der Waals surface area contributed by atoms with Gasteiger partial charge in [0.25, 0.3) is 0 Å². The molecule has 0 atom stereocenters. The van der Waals surface area contributed by atoms with Crippen LogP contribution in [0.2, 0.25) is 0 Å². The van der Waals surface area contributed by atoms with E-state index in [1.54, 1.807) is 0 Å². The number of nitrogens with zero attached hydrogens (tertiary/aromatic N) is 1. The highest BCUT2D eigenvalue weighted by atomic mass is 15.5. The third kappa shape index (κ3) is 9.35. The van der Waals surface area contributed by atoms with Crippen LogP contribution in [0, 0.1) is 5.41 Å². The van der Waals surface area contributed by atoms with Gasteiger partial charge in [0.1, 0.15) is 0 Å². The summed E-state index contributed by atoms with van der Waals surface area (Å²) in [4.78, 5) is 0. The molecular formula is C34H44N4. The zero-order valence-electron chi connectivity index (χ0n) is 23.3. The van der Waals surface area contributed by atoms with Crippen LogP contribution >= 0.6 is 0 Å². The summed E-state index contributed by atoms with van der Waals surface area (Å²) in [6, 6.07) is 28.9. The Labute approximate surface area is 230 Å². The summed E-state index contributed by atoms with van der Waals surface area (Å²) in [6.45, 7) is 8.50. The van der Waals surface area contributed by atoms with Gasteiger partial charge in [0.15, 0.2) is 0 Å². The maximum atomic E-state index is 8.71. The van der Waals surface area contributed by atoms with Gasteiger partial charge in [-0.3, -0.25) is 5.41 Å². The van der Waals surface area contributed by atoms with Crippen LogP contribution in [0.15, 0.2) is 108 Å². The first-order valence-electron chi connectivity index (χ1n) is 14.1. The number of allylic oxidation sites excluding steroid dienone is 3. The Morgan fingerprint density at radius 3 is 2.13 bits per heavy atom. The van der Waals surface area contributed by atoms with Gasteiger partial charge in [-0.15, -0.1) is 0 Å². The quantitative estimate of drug-likeness (QED) is 0.189. The predicted octanol–water partition coefficient (Wildman–Crippen LogP) is 8.86. The summed E-state index contributed by atoms with van der Waals surface area (Å²) in [5.74, 6) is 0. The Balaban J connectivity index is 0.000000375. The van der Waals surface area contributed by atoms with E-state index in [-0.39, 0.29) is 0 Å². The lowest BCUT2D eigenvalue weighted by Gasteiger charge is -2.28. The number of piperidine rings is 1. The number of benzene rings is 3. The molecule has 0 spiro atoms. The molecule has 38 heavy (non-hydrogen) atoms. The van der Waals surface area contributed by atoms with Crippen molar-refractivity contribution in [2.45, 2.75) is 59.3 Å². The molecule has 4 rings (SSSR count). The third-order valence-corrected chi connectivity index (χ3v) is 6.49. The molecule has 0 bridgehead atoms. The summed E-state index contributed by atoms with van der Waals surface area (Å²) in [5.41, 5.74) is 10.4. The van der Waals surface area contributed by atoms with Crippen molar-refractivity contribution < 1.29 is 0 Å². The fraction of sp³-hybridized carbons (Fsp3) is 0.324. The number of rotatable bonds is 10. The minimum absolute atomic E-state index is 0.530. The van der Waals surface area contributed by atoms with Crippen LogP contribution in [0.1, 0.15) is 64.0 Å². The van der Waals surface area contributed by atoms with Gasteiger partial charge >= 0.3 is 0 Å². The molecule has 3 aromatic rings. The zero-order valence-corrected chi connectivity index (χ0v) is 23.3. The molecule has 200 valence electrons. The normalized spacial score (nSPS) is 14.3. The number of anilines is 2. The molecule has 1 heterocycles. The predicted molar refractivity (Wildman–Crippen MR) is 165 cm³/mol. The van der Waals surface area contributed by atoms with E-state index < -0.39 is 0 Å². The van der Waals surface area contributed by atoms with Crippen molar-refractivity contribution in [2.75, 3.05) is 23.8 Å². The van der Waals surface area contributed by atoms with Gasteiger partial charge in [0, 0.05) is 35.6 Å². The van der Waals surface area contributed by atoms with Gasteiger partial charge in [-0.05, 0) is 56.4 Å². The molecule has 0 aromatic heterocycles. The topological polar surface area (TPSA) is 51.2 Å². The number of hydrogen-bond donors (Lipinski definition) is 3. The van der Waals surface area contributed by atoms with Crippen LogP contribution in [0.3, 0.4) is 0 Å². The van der Waals surface area contributed by atoms with E-state index in [0.29, 0.717) is 5.71 Å². The molecular weight excluding hydrogens is 464 g/mol. The monoisotopic (exact) mass is 508 g/mol. The Kier molecular flexibility index (Phi) is 12.4. The second kappa shape index (κ2) is 16.3. The van der Waals surface area contributed by atoms with Crippen LogP contribution in [0.25, 0.3) is 0 Å². The first kappa shape index (κ1) is 28.9. The molecule has 0 amide bonds. The van der Waals surface area contributed by atoms with E-state index >= 15 is 0 Å². The van der Waals surface area contributed by atoms with E-state index in [1.165, 1.54) is 37.7 Å². The van der Waals surface area contributed by atoms with Gasteiger partial charge in [-0.2, -0.15) is 0 Å². The summed E-state index contributed by atoms with van der Waals surface area (Å²) in [7, 11) is 0.